The molecule has 9 heteroatoms. The molecule has 1 aromatic rings. The lowest BCUT2D eigenvalue weighted by molar-refractivity contribution is -0.402. The molecule has 20 heavy (non-hydrogen) atoms. The van der Waals surface area contributed by atoms with Crippen molar-refractivity contribution in [3.8, 4) is 0 Å². The monoisotopic (exact) mass is 302 g/mol. The molecule has 1 saturated heterocycles. The van der Waals surface area contributed by atoms with Crippen LogP contribution >= 0.6 is 0 Å². The van der Waals surface area contributed by atoms with Crippen LogP contribution in [0.3, 0.4) is 0 Å². The molecular weight excluding hydrogens is 288 g/mol. The third-order valence-corrected chi connectivity index (χ3v) is 4.98. The third-order valence-electron chi connectivity index (χ3n) is 3.23. The maximum atomic E-state index is 12.2. The number of nitro groups is 1. The van der Waals surface area contributed by atoms with Gasteiger partial charge < -0.3 is 9.32 Å². The number of nitrogens with zero attached hydrogens (tertiary/aromatic N) is 2. The van der Waals surface area contributed by atoms with E-state index in [1.54, 1.807) is 6.92 Å². The van der Waals surface area contributed by atoms with Crippen LogP contribution in [-0.4, -0.2) is 48.2 Å². The number of hydrogen-bond acceptors (Lipinski definition) is 6. The van der Waals surface area contributed by atoms with Crippen LogP contribution in [0.2, 0.25) is 0 Å². The van der Waals surface area contributed by atoms with Gasteiger partial charge in [0.15, 0.2) is 15.6 Å². The number of carbonyl (C=O) groups excluding carboxylic acids is 1. The van der Waals surface area contributed by atoms with E-state index in [0.29, 0.717) is 13.0 Å². The summed E-state index contributed by atoms with van der Waals surface area (Å²) in [6.45, 7) is 2.04. The van der Waals surface area contributed by atoms with Crippen molar-refractivity contribution >= 4 is 21.6 Å². The Kier molecular flexibility index (Phi) is 3.80. The van der Waals surface area contributed by atoms with Gasteiger partial charge >= 0.3 is 5.88 Å². The average Bonchev–Trinajstić information content (AvgIpc) is 2.97. The standard InChI is InChI=1S/C11H14N2O6S/c1-2-12(8-5-6-20(17,18)7-8)11(14)9-3-4-10(19-9)13(15)16/h3-4,8H,2,5-7H2,1H3. The first kappa shape index (κ1) is 14.5. The van der Waals surface area contributed by atoms with Crippen molar-refractivity contribution in [1.82, 2.24) is 4.90 Å². The van der Waals surface area contributed by atoms with Gasteiger partial charge in [0.2, 0.25) is 0 Å². The van der Waals surface area contributed by atoms with Gasteiger partial charge in [-0.25, -0.2) is 8.42 Å². The maximum absolute atomic E-state index is 12.2. The van der Waals surface area contributed by atoms with Crippen molar-refractivity contribution < 1.29 is 22.6 Å². The first-order valence-electron chi connectivity index (χ1n) is 6.09. The minimum atomic E-state index is -3.11. The topological polar surface area (TPSA) is 111 Å². The predicted octanol–water partition coefficient (Wildman–Crippen LogP) is 0.837. The summed E-state index contributed by atoms with van der Waals surface area (Å²) in [5.74, 6) is -1.20. The lowest BCUT2D eigenvalue weighted by Crippen LogP contribution is -2.40. The zero-order chi connectivity index (χ0) is 14.9. The summed E-state index contributed by atoms with van der Waals surface area (Å²) in [5.41, 5.74) is 0. The quantitative estimate of drug-likeness (QED) is 0.602. The Balaban J connectivity index is 2.19. The van der Waals surface area contributed by atoms with Crippen LogP contribution in [0.4, 0.5) is 5.88 Å². The summed E-state index contributed by atoms with van der Waals surface area (Å²) in [6, 6.07) is 1.93. The van der Waals surface area contributed by atoms with E-state index in [1.807, 2.05) is 0 Å². The molecule has 0 aliphatic carbocycles. The molecule has 0 N–H and O–H groups in total. The maximum Gasteiger partial charge on any atom is 0.433 e. The van der Waals surface area contributed by atoms with Crippen molar-refractivity contribution in [1.29, 1.82) is 0 Å². The van der Waals surface area contributed by atoms with Gasteiger partial charge in [0.25, 0.3) is 5.91 Å². The number of sulfone groups is 1. The number of amides is 1. The van der Waals surface area contributed by atoms with Crippen LogP contribution in [-0.2, 0) is 9.84 Å². The first-order valence-corrected chi connectivity index (χ1v) is 7.92. The summed E-state index contributed by atoms with van der Waals surface area (Å²) >= 11 is 0. The normalized spacial score (nSPS) is 20.8. The van der Waals surface area contributed by atoms with Gasteiger partial charge in [0.05, 0.1) is 17.6 Å². The van der Waals surface area contributed by atoms with Crippen molar-refractivity contribution in [3.63, 3.8) is 0 Å². The molecule has 0 bridgehead atoms. The molecule has 1 atom stereocenters. The van der Waals surface area contributed by atoms with Crippen LogP contribution < -0.4 is 0 Å². The molecule has 1 fully saturated rings. The average molecular weight is 302 g/mol. The van der Waals surface area contributed by atoms with Gasteiger partial charge in [-0.1, -0.05) is 0 Å². The van der Waals surface area contributed by atoms with Crippen LogP contribution in [0.5, 0.6) is 0 Å². The zero-order valence-electron chi connectivity index (χ0n) is 10.8. The lowest BCUT2D eigenvalue weighted by atomic mass is 10.2. The van der Waals surface area contributed by atoms with E-state index >= 15 is 0 Å². The highest BCUT2D eigenvalue weighted by Crippen LogP contribution is 2.22. The lowest BCUT2D eigenvalue weighted by Gasteiger charge is -2.25. The fourth-order valence-corrected chi connectivity index (χ4v) is 4.00. The fraction of sp³-hybridized carbons (Fsp3) is 0.545. The molecule has 2 rings (SSSR count). The van der Waals surface area contributed by atoms with E-state index in [-0.39, 0.29) is 17.3 Å². The van der Waals surface area contributed by atoms with E-state index in [1.165, 1.54) is 11.0 Å². The second kappa shape index (κ2) is 5.23. The van der Waals surface area contributed by atoms with Gasteiger partial charge in [-0.15, -0.1) is 0 Å². The van der Waals surface area contributed by atoms with Crippen LogP contribution in [0.1, 0.15) is 23.9 Å². The molecule has 110 valence electrons. The molecule has 2 heterocycles. The van der Waals surface area contributed by atoms with Gasteiger partial charge in [0, 0.05) is 12.6 Å². The molecule has 0 saturated carbocycles. The molecule has 8 nitrogen and oxygen atoms in total. The summed E-state index contributed by atoms with van der Waals surface area (Å²) in [5, 5.41) is 10.5. The number of carbonyl (C=O) groups is 1. The van der Waals surface area contributed by atoms with E-state index < -0.39 is 32.6 Å². The van der Waals surface area contributed by atoms with Crippen LogP contribution in [0.25, 0.3) is 0 Å². The first-order chi connectivity index (χ1) is 9.34. The van der Waals surface area contributed by atoms with Gasteiger partial charge in [-0.05, 0) is 19.4 Å². The number of furan rings is 1. The van der Waals surface area contributed by atoms with Crippen molar-refractivity contribution in [3.05, 3.63) is 28.0 Å². The van der Waals surface area contributed by atoms with Crippen molar-refractivity contribution in [2.45, 2.75) is 19.4 Å². The number of rotatable bonds is 4. The van der Waals surface area contributed by atoms with E-state index in [2.05, 4.69) is 0 Å². The third kappa shape index (κ3) is 2.82. The van der Waals surface area contributed by atoms with Gasteiger partial charge in [-0.2, -0.15) is 0 Å². The molecular formula is C11H14N2O6S. The fourth-order valence-electron chi connectivity index (χ4n) is 2.27. The summed E-state index contributed by atoms with van der Waals surface area (Å²) in [7, 11) is -3.11. The van der Waals surface area contributed by atoms with E-state index in [9.17, 15) is 23.3 Å². The summed E-state index contributed by atoms with van der Waals surface area (Å²) < 4.78 is 27.8. The SMILES string of the molecule is CCN(C(=O)c1ccc([N+](=O)[O-])o1)C1CCS(=O)(=O)C1. The molecule has 1 unspecified atom stereocenters. The Morgan fingerprint density at radius 1 is 1.55 bits per heavy atom. The Hall–Kier alpha value is -1.90. The Morgan fingerprint density at radius 2 is 2.25 bits per heavy atom. The Morgan fingerprint density at radius 3 is 2.70 bits per heavy atom. The van der Waals surface area contributed by atoms with Gasteiger partial charge in [0.1, 0.15) is 4.92 Å². The molecule has 1 aliphatic rings. The summed E-state index contributed by atoms with van der Waals surface area (Å²) in [4.78, 5) is 23.4. The Bertz CT molecular complexity index is 635. The highest BCUT2D eigenvalue weighted by atomic mass is 32.2. The Labute approximate surface area is 115 Å². The van der Waals surface area contributed by atoms with Crippen LogP contribution in [0.15, 0.2) is 16.5 Å². The molecule has 0 aromatic carbocycles. The minimum Gasteiger partial charge on any atom is -0.395 e. The highest BCUT2D eigenvalue weighted by Gasteiger charge is 2.35. The molecule has 0 spiro atoms. The van der Waals surface area contributed by atoms with Crippen molar-refractivity contribution in [2.75, 3.05) is 18.1 Å². The minimum absolute atomic E-state index is 0.0553. The second-order valence-corrected chi connectivity index (χ2v) is 6.77. The second-order valence-electron chi connectivity index (χ2n) is 4.54. The van der Waals surface area contributed by atoms with Gasteiger partial charge in [-0.3, -0.25) is 14.9 Å². The van der Waals surface area contributed by atoms with Crippen LogP contribution in [0, 0.1) is 10.1 Å². The number of hydrogen-bond donors (Lipinski definition) is 0. The molecule has 1 aromatic heterocycles. The molecule has 1 aliphatic heterocycles. The molecule has 0 radical (unpaired) electrons. The smallest absolute Gasteiger partial charge is 0.395 e. The predicted molar refractivity (Wildman–Crippen MR) is 69.1 cm³/mol. The molecule has 1 amide bonds. The van der Waals surface area contributed by atoms with E-state index in [0.717, 1.165) is 6.07 Å². The highest BCUT2D eigenvalue weighted by molar-refractivity contribution is 7.91. The zero-order valence-corrected chi connectivity index (χ0v) is 11.6. The largest absolute Gasteiger partial charge is 0.433 e. The van der Waals surface area contributed by atoms with Crippen molar-refractivity contribution in [2.24, 2.45) is 0 Å². The summed E-state index contributed by atoms with van der Waals surface area (Å²) in [6.07, 6.45) is 0.380. The van der Waals surface area contributed by atoms with E-state index in [4.69, 9.17) is 4.42 Å².